The van der Waals surface area contributed by atoms with Crippen molar-refractivity contribution in [3.8, 4) is 0 Å². The molecule has 0 aliphatic heterocycles. The van der Waals surface area contributed by atoms with E-state index in [9.17, 15) is 4.79 Å². The van der Waals surface area contributed by atoms with E-state index in [0.717, 1.165) is 10.2 Å². The van der Waals surface area contributed by atoms with E-state index in [1.54, 1.807) is 6.20 Å². The van der Waals surface area contributed by atoms with Crippen LogP contribution in [0.3, 0.4) is 0 Å². The maximum atomic E-state index is 11.3. The molecule has 0 saturated carbocycles. The summed E-state index contributed by atoms with van der Waals surface area (Å²) in [6.07, 6.45) is 1.24. The Hall–Kier alpha value is -1.10. The van der Waals surface area contributed by atoms with Crippen LogP contribution in [0, 0.1) is 0 Å². The molecule has 16 heavy (non-hydrogen) atoms. The topological polar surface area (TPSA) is 51.2 Å². The average molecular weight is 287 g/mol. The van der Waals surface area contributed by atoms with Crippen LogP contribution in [-0.2, 0) is 11.3 Å². The van der Waals surface area contributed by atoms with Crippen LogP contribution in [0.1, 0.15) is 26.5 Å². The van der Waals surface area contributed by atoms with Crippen LogP contribution < -0.4 is 5.32 Å². The Morgan fingerprint density at radius 1 is 1.56 bits per heavy atom. The summed E-state index contributed by atoms with van der Waals surface area (Å²) in [5, 5.41) is 2.64. The van der Waals surface area contributed by atoms with Gasteiger partial charge in [0.05, 0.1) is 12.2 Å². The Labute approximate surface area is 104 Å². The number of nitrogens with zero attached hydrogens (tertiary/aromatic N) is 1. The highest BCUT2D eigenvalue weighted by molar-refractivity contribution is 9.10. The number of hydrogen-bond acceptors (Lipinski definition) is 3. The normalized spacial score (nSPS) is 11.0. The average Bonchev–Trinajstić information content (AvgIpc) is 2.12. The molecule has 0 aliphatic rings. The van der Waals surface area contributed by atoms with E-state index < -0.39 is 11.7 Å². The third-order valence-electron chi connectivity index (χ3n) is 1.59. The van der Waals surface area contributed by atoms with Crippen molar-refractivity contribution in [1.82, 2.24) is 10.3 Å². The number of nitrogens with one attached hydrogen (secondary N) is 1. The van der Waals surface area contributed by atoms with Gasteiger partial charge in [-0.25, -0.2) is 4.79 Å². The van der Waals surface area contributed by atoms with Gasteiger partial charge in [-0.2, -0.15) is 0 Å². The minimum absolute atomic E-state index is 0.356. The molecule has 0 saturated heterocycles. The number of halogens is 1. The highest BCUT2D eigenvalue weighted by Crippen LogP contribution is 2.09. The monoisotopic (exact) mass is 286 g/mol. The number of rotatable bonds is 2. The molecule has 0 bridgehead atoms. The Balaban J connectivity index is 2.43. The van der Waals surface area contributed by atoms with Crippen LogP contribution in [0.5, 0.6) is 0 Å². The lowest BCUT2D eigenvalue weighted by Gasteiger charge is -2.19. The second kappa shape index (κ2) is 5.30. The molecule has 0 unspecified atom stereocenters. The maximum Gasteiger partial charge on any atom is 0.407 e. The molecule has 88 valence electrons. The minimum Gasteiger partial charge on any atom is -0.444 e. The molecule has 4 nitrogen and oxygen atoms in total. The van der Waals surface area contributed by atoms with E-state index in [1.165, 1.54) is 0 Å². The summed E-state index contributed by atoms with van der Waals surface area (Å²) in [7, 11) is 0. The smallest absolute Gasteiger partial charge is 0.407 e. The summed E-state index contributed by atoms with van der Waals surface area (Å²) in [5.74, 6) is 0. The van der Waals surface area contributed by atoms with Crippen molar-refractivity contribution in [2.45, 2.75) is 32.9 Å². The van der Waals surface area contributed by atoms with Crippen LogP contribution in [0.15, 0.2) is 22.8 Å². The molecule has 5 heteroatoms. The number of alkyl carbamates (subject to hydrolysis) is 1. The lowest BCUT2D eigenvalue weighted by molar-refractivity contribution is 0.0523. The van der Waals surface area contributed by atoms with Crippen LogP contribution in [-0.4, -0.2) is 16.7 Å². The minimum atomic E-state index is -0.477. The van der Waals surface area contributed by atoms with Crippen LogP contribution in [0.2, 0.25) is 0 Å². The quantitative estimate of drug-likeness (QED) is 0.910. The van der Waals surface area contributed by atoms with Crippen molar-refractivity contribution in [1.29, 1.82) is 0 Å². The number of pyridine rings is 1. The molecule has 1 aromatic heterocycles. The van der Waals surface area contributed by atoms with Gasteiger partial charge in [0.1, 0.15) is 5.60 Å². The zero-order chi connectivity index (χ0) is 12.2. The first kappa shape index (κ1) is 13.0. The second-order valence-electron chi connectivity index (χ2n) is 4.32. The predicted molar refractivity (Wildman–Crippen MR) is 65.0 cm³/mol. The fourth-order valence-corrected chi connectivity index (χ4v) is 1.40. The molecule has 1 N–H and O–H groups in total. The Morgan fingerprint density at radius 3 is 2.81 bits per heavy atom. The zero-order valence-corrected chi connectivity index (χ0v) is 11.2. The fourth-order valence-electron chi connectivity index (χ4n) is 1.02. The van der Waals surface area contributed by atoms with Gasteiger partial charge in [0.25, 0.3) is 0 Å². The molecule has 0 spiro atoms. The molecule has 0 radical (unpaired) electrons. The van der Waals surface area contributed by atoms with Gasteiger partial charge in [0.15, 0.2) is 0 Å². The molecular formula is C11H15BrN2O2. The van der Waals surface area contributed by atoms with Gasteiger partial charge in [0, 0.05) is 10.7 Å². The largest absolute Gasteiger partial charge is 0.444 e. The van der Waals surface area contributed by atoms with Crippen molar-refractivity contribution in [3.63, 3.8) is 0 Å². The van der Waals surface area contributed by atoms with E-state index >= 15 is 0 Å². The Morgan fingerprint density at radius 2 is 2.25 bits per heavy atom. The molecular weight excluding hydrogens is 272 g/mol. The summed E-state index contributed by atoms with van der Waals surface area (Å²) < 4.78 is 6.03. The lowest BCUT2D eigenvalue weighted by atomic mass is 10.2. The van der Waals surface area contributed by atoms with E-state index in [4.69, 9.17) is 4.74 Å². The highest BCUT2D eigenvalue weighted by Gasteiger charge is 2.15. The number of amides is 1. The summed E-state index contributed by atoms with van der Waals surface area (Å²) in [6, 6.07) is 3.67. The van der Waals surface area contributed by atoms with Gasteiger partial charge in [0.2, 0.25) is 0 Å². The van der Waals surface area contributed by atoms with Crippen molar-refractivity contribution in [3.05, 3.63) is 28.5 Å². The van der Waals surface area contributed by atoms with Gasteiger partial charge < -0.3 is 10.1 Å². The van der Waals surface area contributed by atoms with Crippen LogP contribution in [0.25, 0.3) is 0 Å². The van der Waals surface area contributed by atoms with Crippen molar-refractivity contribution in [2.24, 2.45) is 0 Å². The van der Waals surface area contributed by atoms with Gasteiger partial charge in [-0.1, -0.05) is 15.9 Å². The second-order valence-corrected chi connectivity index (χ2v) is 5.24. The SMILES string of the molecule is CC(C)(C)OC(=O)NCc1cc(Br)ccn1. The Kier molecular flexibility index (Phi) is 4.29. The maximum absolute atomic E-state index is 11.3. The summed E-state index contributed by atoms with van der Waals surface area (Å²) >= 11 is 3.33. The van der Waals surface area contributed by atoms with Crippen LogP contribution >= 0.6 is 15.9 Å². The lowest BCUT2D eigenvalue weighted by Crippen LogP contribution is -2.32. The van der Waals surface area contributed by atoms with Gasteiger partial charge in [-0.15, -0.1) is 0 Å². The summed E-state index contributed by atoms with van der Waals surface area (Å²) in [4.78, 5) is 15.5. The van der Waals surface area contributed by atoms with Crippen molar-refractivity contribution in [2.75, 3.05) is 0 Å². The highest BCUT2D eigenvalue weighted by atomic mass is 79.9. The first-order valence-corrected chi connectivity index (χ1v) is 5.73. The van der Waals surface area contributed by atoms with Crippen LogP contribution in [0.4, 0.5) is 4.79 Å². The summed E-state index contributed by atoms with van der Waals surface area (Å²) in [5.41, 5.74) is 0.301. The molecule has 0 aromatic carbocycles. The van der Waals surface area contributed by atoms with Gasteiger partial charge in [-0.3, -0.25) is 4.98 Å². The van der Waals surface area contributed by atoms with E-state index in [-0.39, 0.29) is 0 Å². The number of carbonyl (C=O) groups excluding carboxylic acids is 1. The molecule has 1 heterocycles. The third-order valence-corrected chi connectivity index (χ3v) is 2.08. The van der Waals surface area contributed by atoms with E-state index in [1.807, 2.05) is 32.9 Å². The molecule has 1 rings (SSSR count). The molecule has 0 fully saturated rings. The van der Waals surface area contributed by atoms with Crippen molar-refractivity contribution >= 4 is 22.0 Å². The fraction of sp³-hybridized carbons (Fsp3) is 0.455. The first-order valence-electron chi connectivity index (χ1n) is 4.94. The molecule has 1 aromatic rings. The number of carbonyl (C=O) groups is 1. The van der Waals surface area contributed by atoms with E-state index in [0.29, 0.717) is 6.54 Å². The van der Waals surface area contributed by atoms with Crippen molar-refractivity contribution < 1.29 is 9.53 Å². The van der Waals surface area contributed by atoms with Gasteiger partial charge in [-0.05, 0) is 32.9 Å². The number of aromatic nitrogens is 1. The first-order chi connectivity index (χ1) is 7.37. The standard InChI is InChI=1S/C11H15BrN2O2/c1-11(2,3)16-10(15)14-7-9-6-8(12)4-5-13-9/h4-6H,7H2,1-3H3,(H,14,15). The zero-order valence-electron chi connectivity index (χ0n) is 9.58. The summed E-state index contributed by atoms with van der Waals surface area (Å²) in [6.45, 7) is 5.83. The third kappa shape index (κ3) is 5.11. The molecule has 0 aliphatic carbocycles. The Bertz CT molecular complexity index is 374. The number of ether oxygens (including phenoxy) is 1. The predicted octanol–water partition coefficient (Wildman–Crippen LogP) is 2.87. The molecule has 0 atom stereocenters. The van der Waals surface area contributed by atoms with Gasteiger partial charge >= 0.3 is 6.09 Å². The number of hydrogen-bond donors (Lipinski definition) is 1. The van der Waals surface area contributed by atoms with E-state index in [2.05, 4.69) is 26.2 Å². The molecule has 1 amide bonds.